The van der Waals surface area contributed by atoms with Gasteiger partial charge in [0.2, 0.25) is 0 Å². The average molecular weight is 519 g/mol. The number of nitrogens with one attached hydrogen (secondary N) is 2. The van der Waals surface area contributed by atoms with Crippen LogP contribution in [0.4, 0.5) is 9.93 Å². The molecule has 0 radical (unpaired) electrons. The summed E-state index contributed by atoms with van der Waals surface area (Å²) in [5, 5.41) is 21.1. The van der Waals surface area contributed by atoms with Crippen LogP contribution in [0.25, 0.3) is 0 Å². The van der Waals surface area contributed by atoms with Crippen LogP contribution in [-0.4, -0.2) is 68.7 Å². The van der Waals surface area contributed by atoms with Gasteiger partial charge in [0.25, 0.3) is 11.8 Å². The number of aromatic nitrogens is 3. The minimum Gasteiger partial charge on any atom is -0.543 e. The average Bonchev–Trinajstić information content (AvgIpc) is 3.28. The van der Waals surface area contributed by atoms with Gasteiger partial charge < -0.3 is 26.3 Å². The van der Waals surface area contributed by atoms with Crippen molar-refractivity contribution >= 4 is 57.8 Å². The molecule has 2 aliphatic rings. The van der Waals surface area contributed by atoms with Crippen molar-refractivity contribution in [2.24, 2.45) is 5.16 Å². The molecular weight excluding hydrogens is 500 g/mol. The molecule has 0 aliphatic carbocycles. The largest absolute Gasteiger partial charge is 0.543 e. The van der Waals surface area contributed by atoms with Gasteiger partial charge in [-0.15, -0.1) is 23.1 Å². The Labute approximate surface area is 205 Å². The lowest BCUT2D eigenvalue weighted by Gasteiger charge is -2.50. The number of β-lactam (4-membered cyclic amide) rings is 1. The molecule has 2 aromatic rings. The molecule has 3 amide bonds. The van der Waals surface area contributed by atoms with E-state index in [1.807, 2.05) is 0 Å². The first-order valence-corrected chi connectivity index (χ1v) is 11.9. The lowest BCUT2D eigenvalue weighted by Crippen LogP contribution is -2.71. The van der Waals surface area contributed by atoms with Crippen molar-refractivity contribution in [3.05, 3.63) is 47.1 Å². The number of carbonyl (C=O) groups excluding carboxylic acids is 4. The fourth-order valence-corrected chi connectivity index (χ4v) is 5.29. The summed E-state index contributed by atoms with van der Waals surface area (Å²) in [4.78, 5) is 62.8. The van der Waals surface area contributed by atoms with Crippen molar-refractivity contribution in [2.45, 2.75) is 18.0 Å². The number of carboxylic acid groups (broad SMARTS) is 1. The number of nitrogen functional groups attached to an aromatic ring is 1. The summed E-state index contributed by atoms with van der Waals surface area (Å²) in [5.41, 5.74) is 5.55. The number of thioether (sulfide) groups is 1. The highest BCUT2D eigenvalue weighted by atomic mass is 32.2. The molecule has 2 atom stereocenters. The van der Waals surface area contributed by atoms with E-state index in [1.165, 1.54) is 24.2 Å². The highest BCUT2D eigenvalue weighted by molar-refractivity contribution is 8.00. The Morgan fingerprint density at radius 3 is 2.74 bits per heavy atom. The third-order valence-electron chi connectivity index (χ3n) is 4.99. The van der Waals surface area contributed by atoms with Crippen LogP contribution in [0.1, 0.15) is 5.69 Å². The minimum absolute atomic E-state index is 0.0424. The third kappa shape index (κ3) is 4.92. The predicted octanol–water partition coefficient (Wildman–Crippen LogP) is -2.43. The number of carbonyl (C=O) groups is 4. The van der Waals surface area contributed by atoms with Crippen molar-refractivity contribution in [3.8, 4) is 0 Å². The smallest absolute Gasteiger partial charge is 0.433 e. The zero-order valence-corrected chi connectivity index (χ0v) is 19.7. The van der Waals surface area contributed by atoms with Gasteiger partial charge in [-0.2, -0.15) is 4.57 Å². The highest BCUT2D eigenvalue weighted by Gasteiger charge is 2.53. The van der Waals surface area contributed by atoms with Crippen LogP contribution in [0.2, 0.25) is 0 Å². The van der Waals surface area contributed by atoms with Crippen molar-refractivity contribution in [1.29, 1.82) is 0 Å². The second kappa shape index (κ2) is 10.1. The van der Waals surface area contributed by atoms with E-state index in [1.54, 1.807) is 29.4 Å². The van der Waals surface area contributed by atoms with Crippen LogP contribution in [-0.2, 0) is 25.8 Å². The number of nitrogens with two attached hydrogens (primary N) is 1. The maximum absolute atomic E-state index is 12.9. The van der Waals surface area contributed by atoms with Crippen molar-refractivity contribution < 1.29 is 33.7 Å². The lowest BCUT2D eigenvalue weighted by atomic mass is 10.0. The Balaban J connectivity index is 1.53. The molecule has 4 heterocycles. The molecule has 1 unspecified atom stereocenters. The molecule has 0 spiro atoms. The predicted molar refractivity (Wildman–Crippen MR) is 120 cm³/mol. The zero-order chi connectivity index (χ0) is 25.1. The molecule has 182 valence electrons. The number of anilines is 1. The first-order chi connectivity index (χ1) is 16.8. The summed E-state index contributed by atoms with van der Waals surface area (Å²) < 4.78 is 1.73. The summed E-state index contributed by atoms with van der Waals surface area (Å²) in [7, 11) is 1.31. The van der Waals surface area contributed by atoms with E-state index in [0.29, 0.717) is 11.3 Å². The molecule has 1 fully saturated rings. The number of fused-ring (bicyclic) bond motifs is 1. The van der Waals surface area contributed by atoms with Gasteiger partial charge in [-0.25, -0.2) is 9.78 Å². The first-order valence-electron chi connectivity index (χ1n) is 9.96. The van der Waals surface area contributed by atoms with Crippen LogP contribution in [0.5, 0.6) is 0 Å². The summed E-state index contributed by atoms with van der Waals surface area (Å²) in [6, 6.07) is -1.04. The Morgan fingerprint density at radius 1 is 1.37 bits per heavy atom. The summed E-state index contributed by atoms with van der Waals surface area (Å²) in [6.45, 7) is 0.227. The van der Waals surface area contributed by atoms with E-state index >= 15 is 0 Å². The van der Waals surface area contributed by atoms with Crippen LogP contribution in [0.3, 0.4) is 0 Å². The molecule has 4 N–H and O–H groups in total. The first kappa shape index (κ1) is 24.1. The standard InChI is InChI=1S/C19H18N8O6S2/c1-21-19(32)33-25-11(10-8-35-18(20)23-10)14(28)24-12-15(29)27-13(17(30)31)9(7-34-16(12)27)6-26-4-2-22-3-5-26/h2-5,8,12,16H,6-7H2,1H3,(H4-,20,21,23,24,28,30,31,32)/t12?,16-/m0/s1. The lowest BCUT2D eigenvalue weighted by molar-refractivity contribution is -0.689. The van der Waals surface area contributed by atoms with Crippen LogP contribution < -0.4 is 26.0 Å². The van der Waals surface area contributed by atoms with Gasteiger partial charge in [0.1, 0.15) is 17.1 Å². The molecule has 0 aromatic carbocycles. The van der Waals surface area contributed by atoms with E-state index in [9.17, 15) is 24.3 Å². The van der Waals surface area contributed by atoms with Gasteiger partial charge in [0.15, 0.2) is 29.8 Å². The van der Waals surface area contributed by atoms with Crippen LogP contribution in [0, 0.1) is 0 Å². The molecule has 0 saturated carbocycles. The fourth-order valence-electron chi connectivity index (χ4n) is 3.41. The molecule has 1 saturated heterocycles. The molecule has 4 rings (SSSR count). The zero-order valence-electron chi connectivity index (χ0n) is 18.0. The maximum atomic E-state index is 12.9. The highest BCUT2D eigenvalue weighted by Crippen LogP contribution is 2.40. The Morgan fingerprint density at radius 2 is 2.11 bits per heavy atom. The molecule has 35 heavy (non-hydrogen) atoms. The Kier molecular flexibility index (Phi) is 6.92. The molecule has 16 heteroatoms. The number of amides is 3. The number of nitrogens with zero attached hydrogens (tertiary/aromatic N) is 5. The van der Waals surface area contributed by atoms with E-state index < -0.39 is 35.3 Å². The molecule has 2 aromatic heterocycles. The molecular formula is C19H18N8O6S2. The van der Waals surface area contributed by atoms with Gasteiger partial charge in [-0.05, 0) is 0 Å². The van der Waals surface area contributed by atoms with Gasteiger partial charge in [-0.3, -0.25) is 24.3 Å². The van der Waals surface area contributed by atoms with Gasteiger partial charge in [0.05, 0.1) is 24.1 Å². The number of hydrogen-bond donors (Lipinski definition) is 3. The molecule has 14 nitrogen and oxygen atoms in total. The summed E-state index contributed by atoms with van der Waals surface area (Å²) >= 11 is 2.33. The van der Waals surface area contributed by atoms with Crippen LogP contribution in [0.15, 0.2) is 46.6 Å². The van der Waals surface area contributed by atoms with E-state index in [0.717, 1.165) is 16.2 Å². The summed E-state index contributed by atoms with van der Waals surface area (Å²) in [5.74, 6) is -2.67. The molecule has 2 aliphatic heterocycles. The van der Waals surface area contributed by atoms with E-state index in [4.69, 9.17) is 5.73 Å². The maximum Gasteiger partial charge on any atom is 0.433 e. The van der Waals surface area contributed by atoms with Gasteiger partial charge in [0, 0.05) is 23.8 Å². The number of aliphatic carboxylic acids is 1. The monoisotopic (exact) mass is 518 g/mol. The second-order valence-electron chi connectivity index (χ2n) is 7.16. The van der Waals surface area contributed by atoms with Crippen molar-refractivity contribution in [1.82, 2.24) is 25.5 Å². The van der Waals surface area contributed by atoms with E-state index in [2.05, 4.69) is 30.6 Å². The number of hydrogen-bond acceptors (Lipinski definition) is 12. The fraction of sp³-hybridized carbons (Fsp3) is 0.263. The van der Waals surface area contributed by atoms with Gasteiger partial charge in [-0.1, -0.05) is 5.16 Å². The second-order valence-corrected chi connectivity index (χ2v) is 9.15. The minimum atomic E-state index is -1.49. The normalized spacial score (nSPS) is 19.5. The number of thiazole rings is 1. The van der Waals surface area contributed by atoms with Crippen LogP contribution >= 0.6 is 23.1 Å². The SMILES string of the molecule is CNC(=O)ON=C(C(=O)NC1C(=O)N2C(C(=O)[O-])=C(C[n+]3ccncc3)CS[C@@H]12)c1csc(N)n1. The van der Waals surface area contributed by atoms with E-state index in [-0.39, 0.29) is 28.8 Å². The quantitative estimate of drug-likeness (QED) is 0.117. The molecule has 0 bridgehead atoms. The number of carboxylic acids is 1. The Bertz CT molecular complexity index is 1250. The summed E-state index contributed by atoms with van der Waals surface area (Å²) in [6.07, 6.45) is 5.54. The third-order valence-corrected chi connectivity index (χ3v) is 7.01. The number of rotatable bonds is 7. The topological polar surface area (TPSA) is 196 Å². The Hall–Kier alpha value is -4.05. The number of oxime groups is 1. The van der Waals surface area contributed by atoms with Gasteiger partial charge >= 0.3 is 6.09 Å². The van der Waals surface area contributed by atoms with Crippen molar-refractivity contribution in [3.63, 3.8) is 0 Å². The van der Waals surface area contributed by atoms with Crippen molar-refractivity contribution in [2.75, 3.05) is 18.5 Å².